The second kappa shape index (κ2) is 4.10. The van der Waals surface area contributed by atoms with Crippen LogP contribution in [-0.2, 0) is 11.8 Å². The van der Waals surface area contributed by atoms with Gasteiger partial charge < -0.3 is 9.84 Å². The first-order chi connectivity index (χ1) is 7.53. The van der Waals surface area contributed by atoms with Crippen LogP contribution in [0.25, 0.3) is 0 Å². The van der Waals surface area contributed by atoms with Gasteiger partial charge in [0.25, 0.3) is 0 Å². The maximum Gasteiger partial charge on any atom is 0.123 e. The van der Waals surface area contributed by atoms with Crippen LogP contribution < -0.4 is 4.74 Å². The fourth-order valence-electron chi connectivity index (χ4n) is 2.16. The van der Waals surface area contributed by atoms with Crippen LogP contribution in [0.5, 0.6) is 5.75 Å². The molecule has 0 aliphatic carbocycles. The number of ether oxygens (including phenoxy) is 1. The smallest absolute Gasteiger partial charge is 0.123 e. The second-order valence-electron chi connectivity index (χ2n) is 5.49. The first-order valence-corrected chi connectivity index (χ1v) is 5.90. The molecule has 0 saturated heterocycles. The van der Waals surface area contributed by atoms with Gasteiger partial charge in [-0.15, -0.1) is 0 Å². The van der Waals surface area contributed by atoms with Crippen molar-refractivity contribution in [1.29, 1.82) is 0 Å². The Bertz CT molecular complexity index is 382. The first-order valence-electron chi connectivity index (χ1n) is 5.90. The molecule has 0 radical (unpaired) electrons. The Morgan fingerprint density at radius 2 is 2.19 bits per heavy atom. The second-order valence-corrected chi connectivity index (χ2v) is 5.49. The van der Waals surface area contributed by atoms with Crippen molar-refractivity contribution < 1.29 is 9.84 Å². The molecule has 1 aromatic rings. The maximum absolute atomic E-state index is 9.07. The predicted octanol–water partition coefficient (Wildman–Crippen LogP) is 2.53. The number of hydrogen-bond donors (Lipinski definition) is 1. The van der Waals surface area contributed by atoms with Crippen LogP contribution in [0.2, 0.25) is 0 Å². The van der Waals surface area contributed by atoms with E-state index in [1.54, 1.807) is 0 Å². The summed E-state index contributed by atoms with van der Waals surface area (Å²) in [6.07, 6.45) is 0.930. The summed E-state index contributed by atoms with van der Waals surface area (Å²) in [6.45, 7) is 7.49. The number of benzene rings is 1. The molecule has 1 heterocycles. The summed E-state index contributed by atoms with van der Waals surface area (Å²) in [7, 11) is 0. The highest BCUT2D eigenvalue weighted by atomic mass is 16.5. The third-order valence-corrected chi connectivity index (χ3v) is 3.26. The van der Waals surface area contributed by atoms with E-state index in [0.29, 0.717) is 5.92 Å². The van der Waals surface area contributed by atoms with Crippen LogP contribution in [-0.4, -0.2) is 18.3 Å². The van der Waals surface area contributed by atoms with E-state index < -0.39 is 0 Å². The molecule has 1 aliphatic heterocycles. The van der Waals surface area contributed by atoms with E-state index in [-0.39, 0.29) is 12.0 Å². The Labute approximate surface area is 97.3 Å². The molecule has 16 heavy (non-hydrogen) atoms. The van der Waals surface area contributed by atoms with E-state index in [9.17, 15) is 0 Å². The van der Waals surface area contributed by atoms with Gasteiger partial charge in [-0.2, -0.15) is 0 Å². The summed E-state index contributed by atoms with van der Waals surface area (Å²) in [5.41, 5.74) is 2.71. The van der Waals surface area contributed by atoms with Gasteiger partial charge in [0.05, 0.1) is 6.61 Å². The summed E-state index contributed by atoms with van der Waals surface area (Å²) >= 11 is 0. The average molecular weight is 220 g/mol. The van der Waals surface area contributed by atoms with Crippen molar-refractivity contribution >= 4 is 0 Å². The van der Waals surface area contributed by atoms with E-state index in [0.717, 1.165) is 18.8 Å². The third-order valence-electron chi connectivity index (χ3n) is 3.26. The summed E-state index contributed by atoms with van der Waals surface area (Å²) in [6, 6.07) is 6.39. The minimum Gasteiger partial charge on any atom is -0.492 e. The van der Waals surface area contributed by atoms with Gasteiger partial charge in [-0.3, -0.25) is 0 Å². The van der Waals surface area contributed by atoms with Crippen molar-refractivity contribution in [3.63, 3.8) is 0 Å². The Hall–Kier alpha value is -1.02. The molecule has 0 bridgehead atoms. The normalized spacial score (nSPS) is 19.0. The summed E-state index contributed by atoms with van der Waals surface area (Å²) < 4.78 is 5.65. The number of hydrogen-bond acceptors (Lipinski definition) is 2. The molecule has 0 spiro atoms. The lowest BCUT2D eigenvalue weighted by molar-refractivity contribution is 0.237. The van der Waals surface area contributed by atoms with E-state index in [1.165, 1.54) is 11.1 Å². The van der Waals surface area contributed by atoms with Gasteiger partial charge in [-0.25, -0.2) is 0 Å². The molecule has 0 amide bonds. The van der Waals surface area contributed by atoms with E-state index in [2.05, 4.69) is 39.0 Å². The lowest BCUT2D eigenvalue weighted by atomic mass is 9.85. The molecule has 1 N–H and O–H groups in total. The van der Waals surface area contributed by atoms with Crippen LogP contribution in [0.15, 0.2) is 18.2 Å². The van der Waals surface area contributed by atoms with Crippen molar-refractivity contribution in [1.82, 2.24) is 0 Å². The molecule has 2 heteroatoms. The molecule has 0 aromatic heterocycles. The Morgan fingerprint density at radius 1 is 1.44 bits per heavy atom. The highest BCUT2D eigenvalue weighted by Gasteiger charge is 2.31. The van der Waals surface area contributed by atoms with Crippen molar-refractivity contribution in [2.75, 3.05) is 13.2 Å². The van der Waals surface area contributed by atoms with Crippen LogP contribution >= 0.6 is 0 Å². The zero-order valence-corrected chi connectivity index (χ0v) is 10.3. The van der Waals surface area contributed by atoms with Crippen LogP contribution in [0.3, 0.4) is 0 Å². The molecule has 1 aliphatic rings. The Morgan fingerprint density at radius 3 is 2.88 bits per heavy atom. The van der Waals surface area contributed by atoms with Gasteiger partial charge in [-0.05, 0) is 24.0 Å². The summed E-state index contributed by atoms with van der Waals surface area (Å²) in [5.74, 6) is 1.34. The minimum absolute atomic E-state index is 0.119. The zero-order chi connectivity index (χ0) is 11.8. The molecule has 2 rings (SSSR count). The molecule has 0 fully saturated rings. The molecule has 1 unspecified atom stereocenters. The Balaban J connectivity index is 2.25. The number of aliphatic hydroxyl groups excluding tert-OH is 1. The Kier molecular flexibility index (Phi) is 2.94. The van der Waals surface area contributed by atoms with Gasteiger partial charge in [0, 0.05) is 17.6 Å². The van der Waals surface area contributed by atoms with Gasteiger partial charge in [-0.1, -0.05) is 32.9 Å². The number of aliphatic hydroxyl groups is 1. The topological polar surface area (TPSA) is 29.5 Å². The lowest BCUT2D eigenvalue weighted by Gasteiger charge is -2.16. The van der Waals surface area contributed by atoms with Gasteiger partial charge >= 0.3 is 0 Å². The predicted molar refractivity (Wildman–Crippen MR) is 64.9 cm³/mol. The number of fused-ring (bicyclic) bond motifs is 1. The SMILES string of the molecule is CC(CO)Cc1ccc2c(c1)C(C)(C)CO2. The van der Waals surface area contributed by atoms with E-state index >= 15 is 0 Å². The van der Waals surface area contributed by atoms with Crippen LogP contribution in [0.1, 0.15) is 31.9 Å². The van der Waals surface area contributed by atoms with Crippen molar-refractivity contribution in [2.24, 2.45) is 5.92 Å². The lowest BCUT2D eigenvalue weighted by Crippen LogP contribution is -2.18. The fourth-order valence-corrected chi connectivity index (χ4v) is 2.16. The molecule has 0 saturated carbocycles. The minimum atomic E-state index is 0.119. The van der Waals surface area contributed by atoms with Crippen LogP contribution in [0.4, 0.5) is 0 Å². The molecular weight excluding hydrogens is 200 g/mol. The molecule has 2 nitrogen and oxygen atoms in total. The highest BCUT2D eigenvalue weighted by Crippen LogP contribution is 2.38. The quantitative estimate of drug-likeness (QED) is 0.848. The summed E-state index contributed by atoms with van der Waals surface area (Å²) in [4.78, 5) is 0. The van der Waals surface area contributed by atoms with E-state index in [1.807, 2.05) is 0 Å². The fraction of sp³-hybridized carbons (Fsp3) is 0.571. The summed E-state index contributed by atoms with van der Waals surface area (Å²) in [5, 5.41) is 9.07. The van der Waals surface area contributed by atoms with Crippen LogP contribution in [0, 0.1) is 5.92 Å². The van der Waals surface area contributed by atoms with Gasteiger partial charge in [0.1, 0.15) is 5.75 Å². The molecular formula is C14H20O2. The van der Waals surface area contributed by atoms with Crippen molar-refractivity contribution in [3.8, 4) is 5.75 Å². The molecule has 1 atom stereocenters. The van der Waals surface area contributed by atoms with Gasteiger partial charge in [0.2, 0.25) is 0 Å². The molecule has 1 aromatic carbocycles. The average Bonchev–Trinajstić information content (AvgIpc) is 2.55. The highest BCUT2D eigenvalue weighted by molar-refractivity contribution is 5.45. The standard InChI is InChI=1S/C14H20O2/c1-10(8-15)6-11-4-5-13-12(7-11)14(2,3)9-16-13/h4-5,7,10,15H,6,8-9H2,1-3H3. The third kappa shape index (κ3) is 2.07. The largest absolute Gasteiger partial charge is 0.492 e. The van der Waals surface area contributed by atoms with Gasteiger partial charge in [0.15, 0.2) is 0 Å². The monoisotopic (exact) mass is 220 g/mol. The maximum atomic E-state index is 9.07. The van der Waals surface area contributed by atoms with E-state index in [4.69, 9.17) is 9.84 Å². The van der Waals surface area contributed by atoms with Crippen molar-refractivity contribution in [3.05, 3.63) is 29.3 Å². The number of rotatable bonds is 3. The molecule has 88 valence electrons. The zero-order valence-electron chi connectivity index (χ0n) is 10.3. The first kappa shape index (κ1) is 11.5. The van der Waals surface area contributed by atoms with Crippen molar-refractivity contribution in [2.45, 2.75) is 32.6 Å².